The van der Waals surface area contributed by atoms with Gasteiger partial charge in [-0.05, 0) is 12.1 Å². The van der Waals surface area contributed by atoms with Crippen LogP contribution in [0.15, 0.2) is 36.9 Å². The van der Waals surface area contributed by atoms with Crippen molar-refractivity contribution in [3.8, 4) is 11.3 Å². The van der Waals surface area contributed by atoms with Crippen LogP contribution in [0.2, 0.25) is 0 Å². The largest absolute Gasteiger partial charge is 0.325 e. The van der Waals surface area contributed by atoms with Gasteiger partial charge in [-0.15, -0.1) is 0 Å². The monoisotopic (exact) mass is 186 g/mol. The van der Waals surface area contributed by atoms with Crippen molar-refractivity contribution in [1.82, 2.24) is 15.0 Å². The predicted octanol–water partition coefficient (Wildman–Crippen LogP) is 0.997. The first kappa shape index (κ1) is 8.77. The molecule has 0 aliphatic heterocycles. The van der Waals surface area contributed by atoms with Gasteiger partial charge in [0.2, 0.25) is 0 Å². The van der Waals surface area contributed by atoms with Gasteiger partial charge in [-0.3, -0.25) is 9.97 Å². The second kappa shape index (κ2) is 3.93. The number of hydrogen-bond acceptors (Lipinski definition) is 4. The molecule has 14 heavy (non-hydrogen) atoms. The summed E-state index contributed by atoms with van der Waals surface area (Å²) in [5, 5.41) is 0. The highest BCUT2D eigenvalue weighted by atomic mass is 14.8. The Labute approximate surface area is 81.9 Å². The van der Waals surface area contributed by atoms with E-state index >= 15 is 0 Å². The molecule has 0 fully saturated rings. The van der Waals surface area contributed by atoms with Crippen LogP contribution in [0.3, 0.4) is 0 Å². The van der Waals surface area contributed by atoms with Gasteiger partial charge >= 0.3 is 0 Å². The quantitative estimate of drug-likeness (QED) is 0.759. The fourth-order valence-corrected chi connectivity index (χ4v) is 1.17. The van der Waals surface area contributed by atoms with E-state index in [1.165, 1.54) is 0 Å². The molecule has 0 atom stereocenters. The number of hydrogen-bond donors (Lipinski definition) is 1. The molecule has 0 radical (unpaired) electrons. The van der Waals surface area contributed by atoms with Crippen molar-refractivity contribution in [2.45, 2.75) is 6.54 Å². The van der Waals surface area contributed by atoms with Crippen LogP contribution >= 0.6 is 0 Å². The van der Waals surface area contributed by atoms with Crippen LogP contribution in [-0.4, -0.2) is 15.0 Å². The fraction of sp³-hybridized carbons (Fsp3) is 0.100. The third-order valence-electron chi connectivity index (χ3n) is 1.87. The summed E-state index contributed by atoms with van der Waals surface area (Å²) in [5.74, 6) is 0. The van der Waals surface area contributed by atoms with Crippen molar-refractivity contribution in [2.75, 3.05) is 0 Å². The summed E-state index contributed by atoms with van der Waals surface area (Å²) >= 11 is 0. The SMILES string of the molecule is NCc1cncc(-c2ccncc2)n1. The summed E-state index contributed by atoms with van der Waals surface area (Å²) in [7, 11) is 0. The molecular formula is C10H10N4. The van der Waals surface area contributed by atoms with E-state index in [-0.39, 0.29) is 0 Å². The zero-order valence-electron chi connectivity index (χ0n) is 7.59. The first-order valence-corrected chi connectivity index (χ1v) is 4.31. The molecule has 2 rings (SSSR count). The number of aromatic nitrogens is 3. The lowest BCUT2D eigenvalue weighted by atomic mass is 10.2. The van der Waals surface area contributed by atoms with Gasteiger partial charge in [-0.1, -0.05) is 0 Å². The van der Waals surface area contributed by atoms with E-state index in [0.29, 0.717) is 6.54 Å². The normalized spacial score (nSPS) is 10.1. The molecule has 0 saturated heterocycles. The number of pyridine rings is 1. The molecule has 0 spiro atoms. The lowest BCUT2D eigenvalue weighted by molar-refractivity contribution is 0.967. The molecule has 0 amide bonds. The van der Waals surface area contributed by atoms with Gasteiger partial charge in [-0.25, -0.2) is 4.98 Å². The highest BCUT2D eigenvalue weighted by molar-refractivity contribution is 5.56. The first-order valence-electron chi connectivity index (χ1n) is 4.31. The minimum atomic E-state index is 0.409. The van der Waals surface area contributed by atoms with Crippen molar-refractivity contribution >= 4 is 0 Å². The van der Waals surface area contributed by atoms with Gasteiger partial charge in [-0.2, -0.15) is 0 Å². The molecule has 0 aliphatic rings. The van der Waals surface area contributed by atoms with Crippen molar-refractivity contribution < 1.29 is 0 Å². The summed E-state index contributed by atoms with van der Waals surface area (Å²) < 4.78 is 0. The second-order valence-electron chi connectivity index (χ2n) is 2.84. The van der Waals surface area contributed by atoms with Crippen LogP contribution in [0.4, 0.5) is 0 Å². The summed E-state index contributed by atoms with van der Waals surface area (Å²) in [6.45, 7) is 0.409. The van der Waals surface area contributed by atoms with Crippen LogP contribution in [0, 0.1) is 0 Å². The maximum atomic E-state index is 5.48. The molecule has 2 N–H and O–H groups in total. The van der Waals surface area contributed by atoms with Gasteiger partial charge < -0.3 is 5.73 Å². The van der Waals surface area contributed by atoms with Crippen molar-refractivity contribution in [1.29, 1.82) is 0 Å². The lowest BCUT2D eigenvalue weighted by Gasteiger charge is -2.01. The van der Waals surface area contributed by atoms with E-state index in [1.54, 1.807) is 24.8 Å². The Kier molecular flexibility index (Phi) is 2.46. The zero-order valence-corrected chi connectivity index (χ0v) is 7.59. The van der Waals surface area contributed by atoms with Crippen LogP contribution in [0.5, 0.6) is 0 Å². The van der Waals surface area contributed by atoms with Gasteiger partial charge in [0.1, 0.15) is 0 Å². The molecule has 70 valence electrons. The first-order chi connectivity index (χ1) is 6.90. The average molecular weight is 186 g/mol. The molecule has 0 bridgehead atoms. The Balaban J connectivity index is 2.42. The molecular weight excluding hydrogens is 176 g/mol. The molecule has 4 nitrogen and oxygen atoms in total. The summed E-state index contributed by atoms with van der Waals surface area (Å²) in [5.41, 5.74) is 8.10. The van der Waals surface area contributed by atoms with Crippen LogP contribution in [-0.2, 0) is 6.54 Å². The van der Waals surface area contributed by atoms with E-state index in [9.17, 15) is 0 Å². The van der Waals surface area contributed by atoms with E-state index in [1.807, 2.05) is 12.1 Å². The second-order valence-corrected chi connectivity index (χ2v) is 2.84. The van der Waals surface area contributed by atoms with Gasteiger partial charge in [0.15, 0.2) is 0 Å². The molecule has 2 aromatic rings. The summed E-state index contributed by atoms with van der Waals surface area (Å²) in [4.78, 5) is 12.4. The van der Waals surface area contributed by atoms with Crippen LogP contribution < -0.4 is 5.73 Å². The Bertz CT molecular complexity index is 413. The van der Waals surface area contributed by atoms with E-state index in [4.69, 9.17) is 5.73 Å². The van der Waals surface area contributed by atoms with Crippen molar-refractivity contribution in [3.05, 3.63) is 42.6 Å². The molecule has 4 heteroatoms. The number of nitrogens with zero attached hydrogens (tertiary/aromatic N) is 3. The minimum absolute atomic E-state index is 0.409. The predicted molar refractivity (Wildman–Crippen MR) is 53.2 cm³/mol. The maximum absolute atomic E-state index is 5.48. The summed E-state index contributed by atoms with van der Waals surface area (Å²) in [6.07, 6.45) is 6.84. The molecule has 0 saturated carbocycles. The molecule has 2 heterocycles. The highest BCUT2D eigenvalue weighted by Gasteiger charge is 1.99. The smallest absolute Gasteiger partial charge is 0.0890 e. The molecule has 0 unspecified atom stereocenters. The third-order valence-corrected chi connectivity index (χ3v) is 1.87. The van der Waals surface area contributed by atoms with Gasteiger partial charge in [0.25, 0.3) is 0 Å². The summed E-state index contributed by atoms with van der Waals surface area (Å²) in [6, 6.07) is 3.79. The number of nitrogens with two attached hydrogens (primary N) is 1. The lowest BCUT2D eigenvalue weighted by Crippen LogP contribution is -2.01. The van der Waals surface area contributed by atoms with Gasteiger partial charge in [0, 0.05) is 30.7 Å². The maximum Gasteiger partial charge on any atom is 0.0890 e. The third kappa shape index (κ3) is 1.75. The average Bonchev–Trinajstić information content (AvgIpc) is 2.30. The van der Waals surface area contributed by atoms with Crippen molar-refractivity contribution in [2.24, 2.45) is 5.73 Å². The van der Waals surface area contributed by atoms with E-state index < -0.39 is 0 Å². The number of rotatable bonds is 2. The molecule has 2 aromatic heterocycles. The highest BCUT2D eigenvalue weighted by Crippen LogP contribution is 2.13. The van der Waals surface area contributed by atoms with E-state index in [0.717, 1.165) is 17.0 Å². The zero-order chi connectivity index (χ0) is 9.80. The fourth-order valence-electron chi connectivity index (χ4n) is 1.17. The topological polar surface area (TPSA) is 64.7 Å². The van der Waals surface area contributed by atoms with Crippen LogP contribution in [0.1, 0.15) is 5.69 Å². The standard InChI is InChI=1S/C10H10N4/c11-5-9-6-13-7-10(14-9)8-1-3-12-4-2-8/h1-4,6-7H,5,11H2. The van der Waals surface area contributed by atoms with Gasteiger partial charge in [0.05, 0.1) is 17.6 Å². The minimum Gasteiger partial charge on any atom is -0.325 e. The van der Waals surface area contributed by atoms with Crippen molar-refractivity contribution in [3.63, 3.8) is 0 Å². The Morgan fingerprint density at radius 3 is 2.57 bits per heavy atom. The molecule has 0 aromatic carbocycles. The Morgan fingerprint density at radius 1 is 1.07 bits per heavy atom. The van der Waals surface area contributed by atoms with Crippen LogP contribution in [0.25, 0.3) is 11.3 Å². The Hall–Kier alpha value is -1.81. The molecule has 0 aliphatic carbocycles. The van der Waals surface area contributed by atoms with E-state index in [2.05, 4.69) is 15.0 Å². The Morgan fingerprint density at radius 2 is 1.86 bits per heavy atom.